The zero-order chi connectivity index (χ0) is 19.6. The van der Waals surface area contributed by atoms with E-state index in [2.05, 4.69) is 51.9 Å². The number of ether oxygens (including phenoxy) is 2. The highest BCUT2D eigenvalue weighted by molar-refractivity contribution is 5.49. The third-order valence-corrected chi connectivity index (χ3v) is 4.90. The molecule has 152 valence electrons. The first-order valence-electron chi connectivity index (χ1n) is 9.83. The molecule has 2 heterocycles. The molecular formula is C22H30N2O4. The average molecular weight is 386 g/mol. The third-order valence-electron chi connectivity index (χ3n) is 4.90. The van der Waals surface area contributed by atoms with Crippen LogP contribution >= 0.6 is 0 Å². The lowest BCUT2D eigenvalue weighted by Gasteiger charge is -2.29. The van der Waals surface area contributed by atoms with E-state index in [0.717, 1.165) is 63.9 Å². The molecule has 0 bridgehead atoms. The van der Waals surface area contributed by atoms with Crippen molar-refractivity contribution in [3.8, 4) is 0 Å². The molecule has 6 heteroatoms. The number of nitrogens with zero attached hydrogens (tertiary/aromatic N) is 2. The number of anilines is 2. The van der Waals surface area contributed by atoms with Crippen molar-refractivity contribution in [2.45, 2.75) is 13.5 Å². The van der Waals surface area contributed by atoms with E-state index in [-0.39, 0.29) is 6.61 Å². The summed E-state index contributed by atoms with van der Waals surface area (Å²) < 4.78 is 10.6. The number of morpholine rings is 2. The Bertz CT molecular complexity index is 713. The minimum Gasteiger partial charge on any atom is -0.378 e. The van der Waals surface area contributed by atoms with E-state index in [1.807, 2.05) is 18.2 Å². The number of rotatable bonds is 4. The quantitative estimate of drug-likeness (QED) is 0.643. The van der Waals surface area contributed by atoms with E-state index in [1.54, 1.807) is 0 Å². The van der Waals surface area contributed by atoms with Gasteiger partial charge in [0.05, 0.1) is 26.4 Å². The van der Waals surface area contributed by atoms with Gasteiger partial charge in [-0.1, -0.05) is 24.3 Å². The SMILES string of the molecule is Cc1cccc(N2CCOCC2)c1.OOCc1cccc(N2CCOCC2)c1. The van der Waals surface area contributed by atoms with Gasteiger partial charge in [-0.05, 0) is 42.3 Å². The first-order valence-corrected chi connectivity index (χ1v) is 9.83. The Labute approximate surface area is 167 Å². The molecule has 2 aromatic rings. The summed E-state index contributed by atoms with van der Waals surface area (Å²) in [5, 5.41) is 8.39. The highest BCUT2D eigenvalue weighted by Crippen LogP contribution is 2.18. The summed E-state index contributed by atoms with van der Waals surface area (Å²) in [6, 6.07) is 16.6. The summed E-state index contributed by atoms with van der Waals surface area (Å²) in [4.78, 5) is 8.77. The van der Waals surface area contributed by atoms with Crippen molar-refractivity contribution in [3.63, 3.8) is 0 Å². The van der Waals surface area contributed by atoms with E-state index in [0.29, 0.717) is 0 Å². The van der Waals surface area contributed by atoms with Crippen LogP contribution in [-0.2, 0) is 21.0 Å². The second-order valence-corrected chi connectivity index (χ2v) is 6.98. The van der Waals surface area contributed by atoms with E-state index in [1.165, 1.54) is 11.3 Å². The van der Waals surface area contributed by atoms with Gasteiger partial charge in [0, 0.05) is 37.6 Å². The minimum absolute atomic E-state index is 0.234. The van der Waals surface area contributed by atoms with Crippen LogP contribution in [0, 0.1) is 6.92 Å². The Balaban J connectivity index is 0.000000162. The highest BCUT2D eigenvalue weighted by Gasteiger charge is 2.11. The monoisotopic (exact) mass is 386 g/mol. The lowest BCUT2D eigenvalue weighted by molar-refractivity contribution is -0.253. The molecule has 0 radical (unpaired) electrons. The largest absolute Gasteiger partial charge is 0.378 e. The van der Waals surface area contributed by atoms with Crippen molar-refractivity contribution in [1.29, 1.82) is 0 Å². The molecule has 0 atom stereocenters. The molecule has 4 rings (SSSR count). The summed E-state index contributed by atoms with van der Waals surface area (Å²) in [6.45, 7) is 9.51. The van der Waals surface area contributed by atoms with Gasteiger partial charge < -0.3 is 19.3 Å². The summed E-state index contributed by atoms with van der Waals surface area (Å²) in [5.41, 5.74) is 4.78. The molecule has 2 aromatic carbocycles. The molecule has 0 saturated carbocycles. The van der Waals surface area contributed by atoms with Crippen LogP contribution in [0.4, 0.5) is 11.4 Å². The standard InChI is InChI=1S/C11H15NO3.C11H15NO/c13-15-9-10-2-1-3-11(8-10)12-4-6-14-7-5-12;1-10-3-2-4-11(9-10)12-5-7-13-8-6-12/h1-3,8,13H,4-7,9H2;2-4,9H,5-8H2,1H3. The molecule has 2 aliphatic heterocycles. The van der Waals surface area contributed by atoms with Crippen LogP contribution in [0.2, 0.25) is 0 Å². The third kappa shape index (κ3) is 6.21. The molecule has 2 fully saturated rings. The topological polar surface area (TPSA) is 54.4 Å². The Morgan fingerprint density at radius 2 is 1.36 bits per heavy atom. The molecule has 2 saturated heterocycles. The van der Waals surface area contributed by atoms with Gasteiger partial charge in [0.1, 0.15) is 6.61 Å². The summed E-state index contributed by atoms with van der Waals surface area (Å²) in [7, 11) is 0. The molecule has 0 aliphatic carbocycles. The smallest absolute Gasteiger partial charge is 0.107 e. The minimum atomic E-state index is 0.234. The Hall–Kier alpha value is -2.12. The maximum atomic E-state index is 8.39. The van der Waals surface area contributed by atoms with E-state index in [4.69, 9.17) is 14.7 Å². The van der Waals surface area contributed by atoms with Gasteiger partial charge in [-0.25, -0.2) is 4.89 Å². The first-order chi connectivity index (χ1) is 13.8. The predicted octanol–water partition coefficient (Wildman–Crippen LogP) is 3.34. The number of hydrogen-bond acceptors (Lipinski definition) is 6. The summed E-state index contributed by atoms with van der Waals surface area (Å²) >= 11 is 0. The van der Waals surface area contributed by atoms with Gasteiger partial charge in [0.25, 0.3) is 0 Å². The van der Waals surface area contributed by atoms with Crippen molar-refractivity contribution < 1.29 is 19.6 Å². The number of hydrogen-bond donors (Lipinski definition) is 1. The Kier molecular flexibility index (Phi) is 8.11. The van der Waals surface area contributed by atoms with Crippen molar-refractivity contribution >= 4 is 11.4 Å². The van der Waals surface area contributed by atoms with Crippen molar-refractivity contribution in [2.75, 3.05) is 62.4 Å². The van der Waals surface area contributed by atoms with Crippen LogP contribution in [0.1, 0.15) is 11.1 Å². The van der Waals surface area contributed by atoms with Crippen LogP contribution in [0.25, 0.3) is 0 Å². The molecule has 0 unspecified atom stereocenters. The molecular weight excluding hydrogens is 356 g/mol. The second kappa shape index (κ2) is 11.0. The fourth-order valence-corrected chi connectivity index (χ4v) is 3.39. The molecule has 0 spiro atoms. The van der Waals surface area contributed by atoms with Crippen LogP contribution in [0.5, 0.6) is 0 Å². The van der Waals surface area contributed by atoms with E-state index in [9.17, 15) is 0 Å². The zero-order valence-corrected chi connectivity index (χ0v) is 16.5. The molecule has 0 aromatic heterocycles. The number of aryl methyl sites for hydroxylation is 1. The maximum absolute atomic E-state index is 8.39. The Morgan fingerprint density at radius 1 is 0.821 bits per heavy atom. The average Bonchev–Trinajstić information content (AvgIpc) is 2.76. The van der Waals surface area contributed by atoms with Crippen molar-refractivity contribution in [3.05, 3.63) is 59.7 Å². The van der Waals surface area contributed by atoms with Gasteiger partial charge in [-0.2, -0.15) is 0 Å². The maximum Gasteiger partial charge on any atom is 0.107 e. The van der Waals surface area contributed by atoms with Gasteiger partial charge in [0.15, 0.2) is 0 Å². The summed E-state index contributed by atoms with van der Waals surface area (Å²) in [6.07, 6.45) is 0. The fourth-order valence-electron chi connectivity index (χ4n) is 3.39. The number of benzene rings is 2. The molecule has 28 heavy (non-hydrogen) atoms. The van der Waals surface area contributed by atoms with Crippen LogP contribution in [-0.4, -0.2) is 57.9 Å². The van der Waals surface area contributed by atoms with Crippen LogP contribution < -0.4 is 9.80 Å². The van der Waals surface area contributed by atoms with Crippen molar-refractivity contribution in [2.24, 2.45) is 0 Å². The molecule has 6 nitrogen and oxygen atoms in total. The molecule has 1 N–H and O–H groups in total. The first kappa shape index (κ1) is 20.6. The van der Waals surface area contributed by atoms with Crippen LogP contribution in [0.3, 0.4) is 0 Å². The summed E-state index contributed by atoms with van der Waals surface area (Å²) in [5.74, 6) is 0. The van der Waals surface area contributed by atoms with E-state index < -0.39 is 0 Å². The molecule has 2 aliphatic rings. The van der Waals surface area contributed by atoms with Crippen LogP contribution in [0.15, 0.2) is 48.5 Å². The second-order valence-electron chi connectivity index (χ2n) is 6.98. The highest BCUT2D eigenvalue weighted by atomic mass is 17.1. The van der Waals surface area contributed by atoms with Gasteiger partial charge in [-0.3, -0.25) is 5.26 Å². The van der Waals surface area contributed by atoms with Crippen molar-refractivity contribution in [1.82, 2.24) is 0 Å². The molecule has 0 amide bonds. The normalized spacial score (nSPS) is 17.1. The lowest BCUT2D eigenvalue weighted by atomic mass is 10.2. The fraction of sp³-hybridized carbons (Fsp3) is 0.455. The van der Waals surface area contributed by atoms with Gasteiger partial charge in [-0.15, -0.1) is 0 Å². The zero-order valence-electron chi connectivity index (χ0n) is 16.5. The van der Waals surface area contributed by atoms with Gasteiger partial charge >= 0.3 is 0 Å². The predicted molar refractivity (Wildman–Crippen MR) is 111 cm³/mol. The van der Waals surface area contributed by atoms with E-state index >= 15 is 0 Å². The Morgan fingerprint density at radius 3 is 1.89 bits per heavy atom. The van der Waals surface area contributed by atoms with Gasteiger partial charge in [0.2, 0.25) is 0 Å². The lowest BCUT2D eigenvalue weighted by Crippen LogP contribution is -2.36.